The highest BCUT2D eigenvalue weighted by Crippen LogP contribution is 2.40. The first-order chi connectivity index (χ1) is 7.63. The highest BCUT2D eigenvalue weighted by atomic mass is 35.5. The van der Waals surface area contributed by atoms with Crippen molar-refractivity contribution in [1.82, 2.24) is 5.32 Å². The number of ether oxygens (including phenoxy) is 1. The van der Waals surface area contributed by atoms with Crippen LogP contribution in [-0.2, 0) is 0 Å². The second kappa shape index (κ2) is 5.20. The molecule has 0 aromatic heterocycles. The van der Waals surface area contributed by atoms with Gasteiger partial charge in [-0.25, -0.2) is 0 Å². The van der Waals surface area contributed by atoms with Crippen LogP contribution in [0, 0.1) is 10.1 Å². The first-order valence-corrected chi connectivity index (χ1v) is 4.92. The van der Waals surface area contributed by atoms with Gasteiger partial charge >= 0.3 is 0 Å². The largest absolute Gasteiger partial charge is 0.504 e. The number of nitrogens with one attached hydrogen (secondary N) is 1. The molecule has 0 radical (unpaired) electrons. The normalized spacial score (nSPS) is 17.8. The molecule has 1 fully saturated rings. The summed E-state index contributed by atoms with van der Waals surface area (Å²) in [7, 11) is 1.37. The minimum absolute atomic E-state index is 0. The summed E-state index contributed by atoms with van der Waals surface area (Å²) in [6, 6.07) is 2.58. The van der Waals surface area contributed by atoms with Crippen molar-refractivity contribution in [2.45, 2.75) is 12.5 Å². The Hall–Kier alpha value is -1.53. The summed E-state index contributed by atoms with van der Waals surface area (Å²) in [5.41, 5.74) is 0.454. The number of nitrogens with zero attached hydrogens (tertiary/aromatic N) is 1. The molecule has 1 aromatic carbocycles. The fourth-order valence-electron chi connectivity index (χ4n) is 1.70. The molecule has 6 nitrogen and oxygen atoms in total. The van der Waals surface area contributed by atoms with Crippen LogP contribution < -0.4 is 10.1 Å². The van der Waals surface area contributed by atoms with Crippen LogP contribution in [0.3, 0.4) is 0 Å². The van der Waals surface area contributed by atoms with Crippen molar-refractivity contribution in [1.29, 1.82) is 0 Å². The molecule has 1 aromatic rings. The Morgan fingerprint density at radius 1 is 1.59 bits per heavy atom. The van der Waals surface area contributed by atoms with E-state index in [-0.39, 0.29) is 35.6 Å². The average Bonchev–Trinajstić information content (AvgIpc) is 2.18. The van der Waals surface area contributed by atoms with Gasteiger partial charge in [0.2, 0.25) is 0 Å². The predicted octanol–water partition coefficient (Wildman–Crippen LogP) is 1.77. The smallest absolute Gasteiger partial charge is 0.273 e. The van der Waals surface area contributed by atoms with E-state index in [0.29, 0.717) is 5.56 Å². The number of hydrogen-bond acceptors (Lipinski definition) is 5. The number of nitro groups is 1. The first kappa shape index (κ1) is 13.5. The Morgan fingerprint density at radius 2 is 2.24 bits per heavy atom. The Labute approximate surface area is 104 Å². The second-order valence-corrected chi connectivity index (χ2v) is 3.64. The summed E-state index contributed by atoms with van der Waals surface area (Å²) >= 11 is 0. The molecule has 1 aliphatic rings. The molecule has 1 atom stereocenters. The van der Waals surface area contributed by atoms with Crippen LogP contribution >= 0.6 is 12.4 Å². The molecule has 1 heterocycles. The Morgan fingerprint density at radius 3 is 2.65 bits per heavy atom. The summed E-state index contributed by atoms with van der Waals surface area (Å²) in [6.45, 7) is 0.856. The van der Waals surface area contributed by atoms with E-state index in [0.717, 1.165) is 13.0 Å². The number of rotatable bonds is 3. The number of halogens is 1. The SMILES string of the molecule is COc1cc([N+](=O)[O-])cc([C@H]2CCN2)c1O.Cl. The van der Waals surface area contributed by atoms with Crippen LogP contribution in [-0.4, -0.2) is 23.7 Å². The molecule has 0 spiro atoms. The maximum absolute atomic E-state index is 10.7. The number of methoxy groups -OCH3 is 1. The molecule has 1 aliphatic heterocycles. The number of non-ortho nitro benzene ring substituents is 1. The van der Waals surface area contributed by atoms with E-state index in [9.17, 15) is 15.2 Å². The van der Waals surface area contributed by atoms with Gasteiger partial charge in [-0.2, -0.15) is 0 Å². The lowest BCUT2D eigenvalue weighted by Gasteiger charge is -2.28. The third kappa shape index (κ3) is 2.42. The molecule has 0 amide bonds. The average molecular weight is 261 g/mol. The van der Waals surface area contributed by atoms with Crippen LogP contribution in [0.2, 0.25) is 0 Å². The number of aromatic hydroxyl groups is 1. The molecule has 0 unspecified atom stereocenters. The zero-order valence-electron chi connectivity index (χ0n) is 9.17. The molecule has 94 valence electrons. The number of phenols is 1. The van der Waals surface area contributed by atoms with Gasteiger partial charge in [0, 0.05) is 17.7 Å². The molecule has 0 bridgehead atoms. The van der Waals surface area contributed by atoms with E-state index in [1.807, 2.05) is 0 Å². The summed E-state index contributed by atoms with van der Waals surface area (Å²) in [4.78, 5) is 10.2. The van der Waals surface area contributed by atoms with E-state index < -0.39 is 4.92 Å². The highest BCUT2D eigenvalue weighted by Gasteiger charge is 2.26. The quantitative estimate of drug-likeness (QED) is 0.639. The number of benzene rings is 1. The molecule has 1 saturated heterocycles. The van der Waals surface area contributed by atoms with E-state index in [2.05, 4.69) is 5.32 Å². The van der Waals surface area contributed by atoms with E-state index >= 15 is 0 Å². The summed E-state index contributed by atoms with van der Waals surface area (Å²) < 4.78 is 4.91. The van der Waals surface area contributed by atoms with Gasteiger partial charge in [0.25, 0.3) is 5.69 Å². The lowest BCUT2D eigenvalue weighted by Crippen LogP contribution is -2.35. The predicted molar refractivity (Wildman–Crippen MR) is 63.9 cm³/mol. The molecular weight excluding hydrogens is 248 g/mol. The zero-order chi connectivity index (χ0) is 11.7. The van der Waals surface area contributed by atoms with Crippen molar-refractivity contribution in [2.75, 3.05) is 13.7 Å². The summed E-state index contributed by atoms with van der Waals surface area (Å²) in [6.07, 6.45) is 0.859. The molecule has 17 heavy (non-hydrogen) atoms. The maximum Gasteiger partial charge on any atom is 0.273 e. The molecule has 7 heteroatoms. The van der Waals surface area contributed by atoms with Gasteiger partial charge in [0.15, 0.2) is 11.5 Å². The van der Waals surface area contributed by atoms with Gasteiger partial charge in [0.1, 0.15) is 0 Å². The molecule has 0 aliphatic carbocycles. The van der Waals surface area contributed by atoms with E-state index in [1.54, 1.807) is 0 Å². The number of nitro benzene ring substituents is 1. The van der Waals surface area contributed by atoms with Gasteiger partial charge in [-0.15, -0.1) is 12.4 Å². The first-order valence-electron chi connectivity index (χ1n) is 4.92. The minimum Gasteiger partial charge on any atom is -0.504 e. The third-order valence-electron chi connectivity index (χ3n) is 2.72. The van der Waals surface area contributed by atoms with Crippen LogP contribution in [0.1, 0.15) is 18.0 Å². The van der Waals surface area contributed by atoms with E-state index in [4.69, 9.17) is 4.74 Å². The van der Waals surface area contributed by atoms with Crippen molar-refractivity contribution < 1.29 is 14.8 Å². The van der Waals surface area contributed by atoms with Gasteiger partial charge in [-0.3, -0.25) is 10.1 Å². The summed E-state index contributed by atoms with van der Waals surface area (Å²) in [5.74, 6) is 0.114. The third-order valence-corrected chi connectivity index (χ3v) is 2.72. The zero-order valence-corrected chi connectivity index (χ0v) is 9.99. The topological polar surface area (TPSA) is 84.6 Å². The summed E-state index contributed by atoms with van der Waals surface area (Å²) in [5, 5.41) is 23.6. The number of hydrogen-bond donors (Lipinski definition) is 2. The molecule has 2 rings (SSSR count). The Bertz CT molecular complexity index is 435. The maximum atomic E-state index is 10.7. The minimum atomic E-state index is -0.496. The van der Waals surface area contributed by atoms with Crippen LogP contribution in [0.15, 0.2) is 12.1 Å². The van der Waals surface area contributed by atoms with Crippen LogP contribution in [0.5, 0.6) is 11.5 Å². The Balaban J connectivity index is 0.00000144. The van der Waals surface area contributed by atoms with Crippen molar-refractivity contribution in [3.63, 3.8) is 0 Å². The molecular formula is C10H13ClN2O4. The lowest BCUT2D eigenvalue weighted by molar-refractivity contribution is -0.385. The number of phenolic OH excluding ortho intramolecular Hbond substituents is 1. The Kier molecular flexibility index (Phi) is 4.14. The monoisotopic (exact) mass is 260 g/mol. The van der Waals surface area contributed by atoms with Crippen LogP contribution in [0.25, 0.3) is 0 Å². The lowest BCUT2D eigenvalue weighted by atomic mass is 9.96. The van der Waals surface area contributed by atoms with Crippen molar-refractivity contribution in [3.8, 4) is 11.5 Å². The standard InChI is InChI=1S/C10H12N2O4.ClH/c1-16-9-5-6(12(14)15)4-7(10(9)13)8-2-3-11-8;/h4-5,8,11,13H,2-3H2,1H3;1H/t8-;/m1./s1. The molecule has 2 N–H and O–H groups in total. The highest BCUT2D eigenvalue weighted by molar-refractivity contribution is 5.85. The van der Waals surface area contributed by atoms with Gasteiger partial charge in [-0.1, -0.05) is 0 Å². The van der Waals surface area contributed by atoms with Gasteiger partial charge in [-0.05, 0) is 13.0 Å². The van der Waals surface area contributed by atoms with Crippen LogP contribution in [0.4, 0.5) is 5.69 Å². The second-order valence-electron chi connectivity index (χ2n) is 3.64. The van der Waals surface area contributed by atoms with Gasteiger partial charge in [0.05, 0.1) is 18.1 Å². The van der Waals surface area contributed by atoms with Gasteiger partial charge < -0.3 is 15.2 Å². The van der Waals surface area contributed by atoms with Crippen molar-refractivity contribution in [3.05, 3.63) is 27.8 Å². The fraction of sp³-hybridized carbons (Fsp3) is 0.400. The fourth-order valence-corrected chi connectivity index (χ4v) is 1.70. The van der Waals surface area contributed by atoms with Crippen molar-refractivity contribution in [2.24, 2.45) is 0 Å². The van der Waals surface area contributed by atoms with Crippen molar-refractivity contribution >= 4 is 18.1 Å². The van der Waals surface area contributed by atoms with E-state index in [1.165, 1.54) is 19.2 Å². The molecule has 0 saturated carbocycles.